The van der Waals surface area contributed by atoms with Crippen LogP contribution in [0.3, 0.4) is 0 Å². The van der Waals surface area contributed by atoms with Gasteiger partial charge < -0.3 is 25.4 Å². The van der Waals surface area contributed by atoms with E-state index >= 15 is 0 Å². The molecule has 2 heterocycles. The Bertz CT molecular complexity index is 1280. The van der Waals surface area contributed by atoms with Crippen molar-refractivity contribution in [2.75, 3.05) is 36.9 Å². The van der Waals surface area contributed by atoms with E-state index in [1.54, 1.807) is 30.3 Å². The van der Waals surface area contributed by atoms with Crippen molar-refractivity contribution < 1.29 is 14.3 Å². The number of carbonyl (C=O) groups excluding carboxylic acids is 1. The van der Waals surface area contributed by atoms with Crippen LogP contribution in [0.5, 0.6) is 5.75 Å². The lowest BCUT2D eigenvalue weighted by Gasteiger charge is -2.17. The second-order valence-corrected chi connectivity index (χ2v) is 8.26. The van der Waals surface area contributed by atoms with Gasteiger partial charge in [0.15, 0.2) is 0 Å². The largest absolute Gasteiger partial charge is 0.486 e. The smallest absolute Gasteiger partial charge is 0.248 e. The van der Waals surface area contributed by atoms with Crippen molar-refractivity contribution in [2.24, 2.45) is 0 Å². The van der Waals surface area contributed by atoms with Crippen LogP contribution in [0.4, 0.5) is 17.2 Å². The molecule has 1 fully saturated rings. The third kappa shape index (κ3) is 6.28. The number of anilines is 3. The lowest BCUT2D eigenvalue weighted by Crippen LogP contribution is -2.18. The fourth-order valence-electron chi connectivity index (χ4n) is 3.58. The number of hydrogen-bond acceptors (Lipinski definition) is 7. The van der Waals surface area contributed by atoms with Crippen molar-refractivity contribution >= 4 is 45.6 Å². The first kappa shape index (κ1) is 24.5. The second-order valence-electron chi connectivity index (χ2n) is 7.85. The third-order valence-electron chi connectivity index (χ3n) is 5.34. The summed E-state index contributed by atoms with van der Waals surface area (Å²) in [5.74, 6) is 3.37. The van der Waals surface area contributed by atoms with Crippen LogP contribution >= 0.6 is 11.6 Å². The van der Waals surface area contributed by atoms with Crippen LogP contribution in [0, 0.1) is 12.3 Å². The van der Waals surface area contributed by atoms with E-state index in [0.29, 0.717) is 58.5 Å². The van der Waals surface area contributed by atoms with E-state index in [1.807, 2.05) is 13.0 Å². The van der Waals surface area contributed by atoms with Crippen molar-refractivity contribution in [2.45, 2.75) is 19.4 Å². The van der Waals surface area contributed by atoms with E-state index in [9.17, 15) is 4.79 Å². The summed E-state index contributed by atoms with van der Waals surface area (Å²) in [6.45, 7) is 4.57. The first-order valence-electron chi connectivity index (χ1n) is 11.3. The molecule has 9 heteroatoms. The second kappa shape index (κ2) is 11.7. The maximum atomic E-state index is 12.6. The lowest BCUT2D eigenvalue weighted by molar-refractivity contribution is -0.111. The highest BCUT2D eigenvalue weighted by molar-refractivity contribution is 6.31. The molecule has 3 aromatic rings. The van der Waals surface area contributed by atoms with Crippen LogP contribution in [0.25, 0.3) is 10.9 Å². The van der Waals surface area contributed by atoms with Crippen LogP contribution in [0.1, 0.15) is 18.9 Å². The van der Waals surface area contributed by atoms with Crippen molar-refractivity contribution in [1.82, 2.24) is 15.3 Å². The van der Waals surface area contributed by atoms with Gasteiger partial charge in [-0.3, -0.25) is 4.79 Å². The molecule has 0 unspecified atom stereocenters. The Hall–Kier alpha value is -3.64. The molecule has 0 aliphatic carbocycles. The van der Waals surface area contributed by atoms with Crippen molar-refractivity contribution in [1.29, 1.82) is 0 Å². The van der Waals surface area contributed by atoms with Gasteiger partial charge in [0.05, 0.1) is 29.4 Å². The number of ether oxygens (including phenoxy) is 2. The fourth-order valence-corrected chi connectivity index (χ4v) is 3.75. The van der Waals surface area contributed by atoms with Crippen LogP contribution in [0.2, 0.25) is 5.02 Å². The zero-order valence-corrected chi connectivity index (χ0v) is 20.1. The summed E-state index contributed by atoms with van der Waals surface area (Å²) in [7, 11) is 0. The number of rotatable bonds is 9. The van der Waals surface area contributed by atoms with E-state index in [4.69, 9.17) is 27.5 Å². The molecule has 0 bridgehead atoms. The normalized spacial score (nSPS) is 15.3. The van der Waals surface area contributed by atoms with Crippen molar-refractivity contribution in [3.05, 3.63) is 59.4 Å². The zero-order valence-electron chi connectivity index (χ0n) is 19.3. The monoisotopic (exact) mass is 491 g/mol. The van der Waals surface area contributed by atoms with E-state index in [1.165, 1.54) is 12.4 Å². The van der Waals surface area contributed by atoms with Gasteiger partial charge in [-0.05, 0) is 30.8 Å². The number of nitrogens with zero attached hydrogens (tertiary/aromatic N) is 2. The van der Waals surface area contributed by atoms with Gasteiger partial charge in [0.25, 0.3) is 0 Å². The summed E-state index contributed by atoms with van der Waals surface area (Å²) in [4.78, 5) is 21.4. The molecule has 0 radical (unpaired) electrons. The van der Waals surface area contributed by atoms with Gasteiger partial charge in [-0.2, -0.15) is 0 Å². The Kier molecular flexibility index (Phi) is 8.16. The molecule has 4 rings (SSSR count). The molecule has 1 saturated heterocycles. The number of aromatic nitrogens is 2. The molecule has 35 heavy (non-hydrogen) atoms. The highest BCUT2D eigenvalue weighted by Crippen LogP contribution is 2.35. The summed E-state index contributed by atoms with van der Waals surface area (Å²) < 4.78 is 11.6. The minimum absolute atomic E-state index is 0.0944. The van der Waals surface area contributed by atoms with Gasteiger partial charge in [-0.15, -0.1) is 6.42 Å². The summed E-state index contributed by atoms with van der Waals surface area (Å²) in [6.07, 6.45) is 11.0. The van der Waals surface area contributed by atoms with E-state index < -0.39 is 0 Å². The minimum Gasteiger partial charge on any atom is -0.486 e. The maximum absolute atomic E-state index is 12.6. The Morgan fingerprint density at radius 2 is 2.23 bits per heavy atom. The van der Waals surface area contributed by atoms with E-state index in [0.717, 1.165) is 18.7 Å². The number of nitrogens with one attached hydrogen (secondary N) is 3. The summed E-state index contributed by atoms with van der Waals surface area (Å²) in [6, 6.07) is 8.91. The molecule has 0 spiro atoms. The number of carbonyl (C=O) groups is 1. The number of terminal acetylenes is 1. The molecule has 1 aliphatic rings. The average Bonchev–Trinajstić information content (AvgIpc) is 3.37. The first-order chi connectivity index (χ1) is 17.1. The molecule has 0 saturated carbocycles. The van der Waals surface area contributed by atoms with Gasteiger partial charge >= 0.3 is 0 Å². The molecule has 1 aliphatic heterocycles. The zero-order chi connectivity index (χ0) is 24.6. The van der Waals surface area contributed by atoms with Gasteiger partial charge in [0, 0.05) is 41.7 Å². The van der Waals surface area contributed by atoms with Crippen LogP contribution in [-0.4, -0.2) is 48.3 Å². The number of hydrogen-bond donors (Lipinski definition) is 3. The predicted octanol–water partition coefficient (Wildman–Crippen LogP) is 4.28. The Morgan fingerprint density at radius 3 is 3.00 bits per heavy atom. The maximum Gasteiger partial charge on any atom is 0.248 e. The average molecular weight is 492 g/mol. The quantitative estimate of drug-likeness (QED) is 0.233. The molecular formula is C26H26ClN5O3. The van der Waals surface area contributed by atoms with Crippen molar-refractivity contribution in [3.63, 3.8) is 0 Å². The Morgan fingerprint density at radius 1 is 1.34 bits per heavy atom. The molecule has 1 atom stereocenters. The van der Waals surface area contributed by atoms with Crippen LogP contribution in [0.15, 0.2) is 48.8 Å². The lowest BCUT2D eigenvalue weighted by atomic mass is 10.1. The number of amides is 1. The molecular weight excluding hydrogens is 466 g/mol. The topological polar surface area (TPSA) is 97.4 Å². The summed E-state index contributed by atoms with van der Waals surface area (Å²) in [5.41, 5.74) is 2.47. The standard InChI is InChI=1S/C26H26ClN5O3/c1-3-17-12-18(7-8-21(17)27)31-26-20-13-23(32-25(33)6-5-10-28-4-2)24(14-22(20)29-16-30-26)35-19-9-11-34-15-19/h1,5-8,12-14,16,19,28H,4,9-11,15H2,2H3,(H,32,33)(H,29,30,31)/t19-/m0/s1. The number of benzene rings is 2. The van der Waals surface area contributed by atoms with Gasteiger partial charge in [-0.1, -0.05) is 30.5 Å². The molecule has 180 valence electrons. The van der Waals surface area contributed by atoms with Gasteiger partial charge in [0.2, 0.25) is 5.91 Å². The predicted molar refractivity (Wildman–Crippen MR) is 138 cm³/mol. The first-order valence-corrected chi connectivity index (χ1v) is 11.7. The highest BCUT2D eigenvalue weighted by Gasteiger charge is 2.20. The van der Waals surface area contributed by atoms with Gasteiger partial charge in [-0.25, -0.2) is 9.97 Å². The minimum atomic E-state index is -0.266. The molecule has 3 N–H and O–H groups in total. The van der Waals surface area contributed by atoms with Crippen molar-refractivity contribution in [3.8, 4) is 18.1 Å². The third-order valence-corrected chi connectivity index (χ3v) is 5.67. The van der Waals surface area contributed by atoms with E-state index in [-0.39, 0.29) is 12.0 Å². The number of halogens is 1. The number of fused-ring (bicyclic) bond motifs is 1. The van der Waals surface area contributed by atoms with Crippen LogP contribution < -0.4 is 20.7 Å². The molecule has 8 nitrogen and oxygen atoms in total. The molecule has 2 aromatic carbocycles. The molecule has 1 amide bonds. The fraction of sp³-hybridized carbons (Fsp3) is 0.269. The highest BCUT2D eigenvalue weighted by atomic mass is 35.5. The Labute approximate surface area is 209 Å². The summed E-state index contributed by atoms with van der Waals surface area (Å²) >= 11 is 6.14. The van der Waals surface area contributed by atoms with Crippen LogP contribution in [-0.2, 0) is 9.53 Å². The molecule has 1 aromatic heterocycles. The number of likely N-dealkylation sites (N-methyl/N-ethyl adjacent to an activating group) is 1. The van der Waals surface area contributed by atoms with Gasteiger partial charge in [0.1, 0.15) is 24.0 Å². The SMILES string of the molecule is C#Cc1cc(Nc2ncnc3cc(O[C@H]4CCOC4)c(NC(=O)C=CCNCC)cc23)ccc1Cl. The Balaban J connectivity index is 1.68. The summed E-state index contributed by atoms with van der Waals surface area (Å²) in [5, 5.41) is 10.5. The van der Waals surface area contributed by atoms with E-state index in [2.05, 4.69) is 31.8 Å².